The summed E-state index contributed by atoms with van der Waals surface area (Å²) < 4.78 is 8.61. The number of H-pyrrole nitrogens is 1. The second kappa shape index (κ2) is 12.4. The summed E-state index contributed by atoms with van der Waals surface area (Å²) >= 11 is 0. The Morgan fingerprint density at radius 3 is 2.54 bits per heavy atom. The van der Waals surface area contributed by atoms with Crippen molar-refractivity contribution in [3.63, 3.8) is 0 Å². The Labute approximate surface area is 281 Å². The van der Waals surface area contributed by atoms with Crippen LogP contribution in [0.15, 0.2) is 71.8 Å². The van der Waals surface area contributed by atoms with Crippen molar-refractivity contribution in [3.8, 4) is 11.1 Å². The highest BCUT2D eigenvalue weighted by Gasteiger charge is 2.43. The van der Waals surface area contributed by atoms with E-state index >= 15 is 0 Å². The van der Waals surface area contributed by atoms with E-state index in [4.69, 9.17) is 20.4 Å². The number of rotatable bonds is 8. The molecule has 1 unspecified atom stereocenters. The summed E-state index contributed by atoms with van der Waals surface area (Å²) in [6.45, 7) is 8.78. The van der Waals surface area contributed by atoms with Crippen molar-refractivity contribution >= 4 is 27.8 Å². The van der Waals surface area contributed by atoms with Crippen LogP contribution in [-0.4, -0.2) is 81.4 Å². The number of aromatic nitrogens is 4. The molecule has 0 spiro atoms. The van der Waals surface area contributed by atoms with Crippen LogP contribution >= 0.6 is 0 Å². The van der Waals surface area contributed by atoms with Crippen LogP contribution in [0.1, 0.15) is 50.8 Å². The van der Waals surface area contributed by atoms with E-state index < -0.39 is 5.60 Å². The van der Waals surface area contributed by atoms with Gasteiger partial charge in [-0.1, -0.05) is 36.4 Å². The van der Waals surface area contributed by atoms with Crippen LogP contribution in [0.5, 0.6) is 0 Å². The standard InChI is InChI=1S/C38H46N8O2/c1-24-21-46(25(2)20-41-24)28-14-17-45(18-15-28)37-42-33-12-9-26(32-22-44(3)36(47)34-30(32)13-16-40-34)19-31(33)35(43-37)38(23-39,48-29-10-11-29)27-7-5-4-6-8-27/h4-9,12-13,16,19,22,24-25,28-29,40-41H,10-11,14-15,17-18,20-21,23,39H2,1-3H3/t24-,25+,38?/m1/s1. The average Bonchev–Trinajstić information content (AvgIpc) is 3.80. The van der Waals surface area contributed by atoms with Crippen molar-refractivity contribution < 1.29 is 4.74 Å². The lowest BCUT2D eigenvalue weighted by atomic mass is 9.86. The summed E-state index contributed by atoms with van der Waals surface area (Å²) in [6, 6.07) is 20.2. The number of fused-ring (bicyclic) bond motifs is 2. The van der Waals surface area contributed by atoms with Crippen molar-refractivity contribution in [2.45, 2.75) is 69.4 Å². The van der Waals surface area contributed by atoms with Gasteiger partial charge in [-0.2, -0.15) is 0 Å². The van der Waals surface area contributed by atoms with Crippen LogP contribution in [0.4, 0.5) is 5.95 Å². The second-order valence-electron chi connectivity index (χ2n) is 14.1. The molecule has 3 aromatic heterocycles. The summed E-state index contributed by atoms with van der Waals surface area (Å²) in [5.74, 6) is 0.730. The van der Waals surface area contributed by atoms with Crippen LogP contribution in [-0.2, 0) is 17.4 Å². The zero-order chi connectivity index (χ0) is 33.0. The van der Waals surface area contributed by atoms with Crippen LogP contribution in [0.25, 0.3) is 32.9 Å². The van der Waals surface area contributed by atoms with Gasteiger partial charge < -0.3 is 30.2 Å². The Morgan fingerprint density at radius 1 is 1.00 bits per heavy atom. The molecule has 250 valence electrons. The van der Waals surface area contributed by atoms with E-state index in [1.807, 2.05) is 36.7 Å². The highest BCUT2D eigenvalue weighted by atomic mass is 16.5. The largest absolute Gasteiger partial charge is 0.359 e. The smallest absolute Gasteiger partial charge is 0.274 e. The molecule has 1 aliphatic carbocycles. The maximum absolute atomic E-state index is 12.9. The van der Waals surface area contributed by atoms with Gasteiger partial charge in [0.1, 0.15) is 11.1 Å². The van der Waals surface area contributed by atoms with E-state index in [1.54, 1.807) is 11.6 Å². The molecule has 10 heteroatoms. The lowest BCUT2D eigenvalue weighted by Crippen LogP contribution is -2.59. The van der Waals surface area contributed by atoms with Crippen molar-refractivity contribution in [3.05, 3.63) is 88.6 Å². The molecule has 2 aromatic carbocycles. The van der Waals surface area contributed by atoms with Crippen molar-refractivity contribution in [1.82, 2.24) is 29.7 Å². The molecular formula is C38H46N8O2. The molecule has 2 saturated heterocycles. The summed E-state index contributed by atoms with van der Waals surface area (Å²) in [5, 5.41) is 5.41. The highest BCUT2D eigenvalue weighted by Crippen LogP contribution is 2.43. The number of nitrogens with one attached hydrogen (secondary N) is 2. The van der Waals surface area contributed by atoms with Crippen LogP contribution in [0, 0.1) is 0 Å². The molecule has 8 rings (SSSR count). The number of benzene rings is 2. The highest BCUT2D eigenvalue weighted by molar-refractivity contribution is 5.97. The van der Waals surface area contributed by atoms with E-state index in [-0.39, 0.29) is 18.2 Å². The van der Waals surface area contributed by atoms with E-state index in [9.17, 15) is 4.79 Å². The number of nitrogens with two attached hydrogens (primary N) is 1. The van der Waals surface area contributed by atoms with Crippen LogP contribution in [0.3, 0.4) is 0 Å². The first kappa shape index (κ1) is 31.2. The molecule has 4 N–H and O–H groups in total. The Kier molecular flexibility index (Phi) is 8.07. The Hall–Kier alpha value is -4.09. The van der Waals surface area contributed by atoms with Crippen molar-refractivity contribution in [2.24, 2.45) is 12.8 Å². The molecule has 0 bridgehead atoms. The number of hydrogen-bond donors (Lipinski definition) is 3. The lowest BCUT2D eigenvalue weighted by molar-refractivity contribution is -0.0258. The number of aryl methyl sites for hydroxylation is 1. The van der Waals surface area contributed by atoms with Gasteiger partial charge in [0.2, 0.25) is 5.95 Å². The third-order valence-electron chi connectivity index (χ3n) is 10.7. The molecule has 10 nitrogen and oxygen atoms in total. The third-order valence-corrected chi connectivity index (χ3v) is 10.7. The second-order valence-corrected chi connectivity index (χ2v) is 14.1. The molecule has 0 amide bonds. The third kappa shape index (κ3) is 5.50. The molecule has 2 aliphatic heterocycles. The summed E-state index contributed by atoms with van der Waals surface area (Å²) in [6.07, 6.45) is 8.03. The summed E-state index contributed by atoms with van der Waals surface area (Å²) in [5.41, 5.74) is 11.0. The van der Waals surface area contributed by atoms with E-state index in [0.717, 1.165) is 96.5 Å². The maximum Gasteiger partial charge on any atom is 0.274 e. The Balaban J connectivity index is 1.25. The Morgan fingerprint density at radius 2 is 1.79 bits per heavy atom. The van der Waals surface area contributed by atoms with Gasteiger partial charge in [0, 0.05) is 86.6 Å². The average molecular weight is 647 g/mol. The maximum atomic E-state index is 12.9. The minimum Gasteiger partial charge on any atom is -0.359 e. The lowest BCUT2D eigenvalue weighted by Gasteiger charge is -2.45. The van der Waals surface area contributed by atoms with Gasteiger partial charge in [-0.15, -0.1) is 0 Å². The zero-order valence-electron chi connectivity index (χ0n) is 28.2. The first-order valence-electron chi connectivity index (χ1n) is 17.5. The minimum absolute atomic E-state index is 0.0537. The number of hydrogen-bond acceptors (Lipinski definition) is 8. The van der Waals surface area contributed by atoms with E-state index in [0.29, 0.717) is 23.6 Å². The first-order valence-corrected chi connectivity index (χ1v) is 17.5. The molecule has 3 fully saturated rings. The Bertz CT molecular complexity index is 2000. The molecule has 1 saturated carbocycles. The van der Waals surface area contributed by atoms with E-state index in [2.05, 4.69) is 64.3 Å². The number of nitrogens with zero attached hydrogens (tertiary/aromatic N) is 5. The molecule has 5 heterocycles. The SMILES string of the molecule is C[C@@H]1CN(C2CCN(c3nc(C(CN)(OC4CC4)c4ccccc4)c4cc(-c5cn(C)c(=O)c6[nH]ccc56)ccc4n3)CC2)[C@@H](C)CN1. The quantitative estimate of drug-likeness (QED) is 0.226. The van der Waals surface area contributed by atoms with Crippen molar-refractivity contribution in [1.29, 1.82) is 0 Å². The molecule has 5 aromatic rings. The predicted octanol–water partition coefficient (Wildman–Crippen LogP) is 4.51. The number of aromatic amines is 1. The fourth-order valence-corrected chi connectivity index (χ4v) is 7.89. The monoisotopic (exact) mass is 646 g/mol. The molecule has 48 heavy (non-hydrogen) atoms. The van der Waals surface area contributed by atoms with Gasteiger partial charge in [-0.25, -0.2) is 9.97 Å². The molecule has 0 radical (unpaired) electrons. The number of pyridine rings is 1. The molecule has 3 aliphatic rings. The van der Waals surface area contributed by atoms with Gasteiger partial charge in [-0.3, -0.25) is 9.69 Å². The number of anilines is 1. The first-order chi connectivity index (χ1) is 23.3. The van der Waals surface area contributed by atoms with Crippen molar-refractivity contribution in [2.75, 3.05) is 37.6 Å². The number of piperazine rings is 1. The molecular weight excluding hydrogens is 600 g/mol. The van der Waals surface area contributed by atoms with Crippen LogP contribution in [0.2, 0.25) is 0 Å². The fraction of sp³-hybridized carbons (Fsp3) is 0.447. The van der Waals surface area contributed by atoms with E-state index in [1.165, 1.54) is 0 Å². The number of ether oxygens (including phenoxy) is 1. The molecule has 3 atom stereocenters. The minimum atomic E-state index is -0.950. The summed E-state index contributed by atoms with van der Waals surface area (Å²) in [4.78, 5) is 31.7. The number of piperidine rings is 1. The predicted molar refractivity (Wildman–Crippen MR) is 191 cm³/mol. The van der Waals surface area contributed by atoms with Gasteiger partial charge in [0.25, 0.3) is 5.56 Å². The topological polar surface area (TPSA) is 117 Å². The zero-order valence-corrected chi connectivity index (χ0v) is 28.2. The van der Waals surface area contributed by atoms with Crippen LogP contribution < -0.4 is 21.5 Å². The van der Waals surface area contributed by atoms with Gasteiger partial charge in [0.15, 0.2) is 0 Å². The fourth-order valence-electron chi connectivity index (χ4n) is 7.89. The normalized spacial score (nSPS) is 22.4. The van der Waals surface area contributed by atoms with Gasteiger partial charge in [-0.05, 0) is 68.9 Å². The summed E-state index contributed by atoms with van der Waals surface area (Å²) in [7, 11) is 1.79. The van der Waals surface area contributed by atoms with Gasteiger partial charge in [0.05, 0.1) is 17.3 Å². The van der Waals surface area contributed by atoms with Gasteiger partial charge >= 0.3 is 0 Å².